The molecule has 2 heterocycles. The summed E-state index contributed by atoms with van der Waals surface area (Å²) in [5.41, 5.74) is 4.64. The zero-order chi connectivity index (χ0) is 21.2. The molecule has 1 amide bonds. The Hall–Kier alpha value is -3.40. The Morgan fingerprint density at radius 1 is 0.935 bits per heavy atom. The maximum absolute atomic E-state index is 13.0. The number of amides is 1. The van der Waals surface area contributed by atoms with E-state index >= 15 is 0 Å². The number of carbonyl (C=O) groups is 1. The average Bonchev–Trinajstić information content (AvgIpc) is 3.39. The first-order chi connectivity index (χ1) is 15.2. The standard InChI is InChI=1S/C27H27N3O/c1-20(22-12-6-3-7-13-22)30-19-23(18-26(30)31)27-28-24-14-8-9-15-25(24)29(27)17-16-21-10-4-2-5-11-21/h2-15,20,23H,16-19H2,1H3. The van der Waals surface area contributed by atoms with Crippen molar-refractivity contribution >= 4 is 16.9 Å². The van der Waals surface area contributed by atoms with E-state index in [-0.39, 0.29) is 17.9 Å². The van der Waals surface area contributed by atoms with Gasteiger partial charge in [0.1, 0.15) is 5.82 Å². The molecule has 4 nitrogen and oxygen atoms in total. The van der Waals surface area contributed by atoms with Gasteiger partial charge >= 0.3 is 0 Å². The highest BCUT2D eigenvalue weighted by Crippen LogP contribution is 2.35. The number of carbonyl (C=O) groups excluding carboxylic acids is 1. The third-order valence-electron chi connectivity index (χ3n) is 6.42. The van der Waals surface area contributed by atoms with Gasteiger partial charge in [0.05, 0.1) is 17.1 Å². The molecule has 1 aromatic heterocycles. The summed E-state index contributed by atoms with van der Waals surface area (Å²) in [7, 11) is 0. The van der Waals surface area contributed by atoms with Crippen LogP contribution in [0.1, 0.15) is 42.3 Å². The van der Waals surface area contributed by atoms with Crippen LogP contribution in [0, 0.1) is 0 Å². The van der Waals surface area contributed by atoms with E-state index in [9.17, 15) is 4.79 Å². The zero-order valence-electron chi connectivity index (χ0n) is 17.8. The van der Waals surface area contributed by atoms with Crippen LogP contribution in [0.5, 0.6) is 0 Å². The van der Waals surface area contributed by atoms with Gasteiger partial charge in [0.25, 0.3) is 0 Å². The summed E-state index contributed by atoms with van der Waals surface area (Å²) in [5, 5.41) is 0. The maximum atomic E-state index is 13.0. The van der Waals surface area contributed by atoms with Crippen LogP contribution in [0.25, 0.3) is 11.0 Å². The van der Waals surface area contributed by atoms with Gasteiger partial charge in [0, 0.05) is 25.4 Å². The molecule has 31 heavy (non-hydrogen) atoms. The van der Waals surface area contributed by atoms with Crippen molar-refractivity contribution in [3.63, 3.8) is 0 Å². The highest BCUT2D eigenvalue weighted by atomic mass is 16.2. The molecule has 3 aromatic carbocycles. The molecule has 1 aliphatic heterocycles. The number of para-hydroxylation sites is 2. The molecule has 156 valence electrons. The lowest BCUT2D eigenvalue weighted by molar-refractivity contribution is -0.129. The van der Waals surface area contributed by atoms with Crippen LogP contribution in [-0.4, -0.2) is 26.9 Å². The number of aromatic nitrogens is 2. The van der Waals surface area contributed by atoms with E-state index in [1.807, 2.05) is 35.2 Å². The number of imidazole rings is 1. The Bertz CT molecular complexity index is 1180. The van der Waals surface area contributed by atoms with Gasteiger partial charge < -0.3 is 9.47 Å². The third kappa shape index (κ3) is 3.86. The number of hydrogen-bond donors (Lipinski definition) is 0. The second kappa shape index (κ2) is 8.38. The molecule has 1 aliphatic rings. The smallest absolute Gasteiger partial charge is 0.223 e. The van der Waals surface area contributed by atoms with Gasteiger partial charge in [0.2, 0.25) is 5.91 Å². The van der Waals surface area contributed by atoms with Gasteiger partial charge in [-0.25, -0.2) is 4.98 Å². The molecule has 0 aliphatic carbocycles. The van der Waals surface area contributed by atoms with E-state index in [0.29, 0.717) is 13.0 Å². The van der Waals surface area contributed by atoms with Crippen LogP contribution < -0.4 is 0 Å². The van der Waals surface area contributed by atoms with Gasteiger partial charge in [-0.3, -0.25) is 4.79 Å². The largest absolute Gasteiger partial charge is 0.335 e. The first kappa shape index (κ1) is 19.6. The topological polar surface area (TPSA) is 38.1 Å². The molecule has 2 atom stereocenters. The van der Waals surface area contributed by atoms with Crippen LogP contribution in [0.2, 0.25) is 0 Å². The minimum atomic E-state index is 0.0702. The fourth-order valence-electron chi connectivity index (χ4n) is 4.72. The zero-order valence-corrected chi connectivity index (χ0v) is 17.8. The first-order valence-corrected chi connectivity index (χ1v) is 11.0. The monoisotopic (exact) mass is 409 g/mol. The van der Waals surface area contributed by atoms with Crippen molar-refractivity contribution in [2.45, 2.75) is 38.3 Å². The number of rotatable bonds is 6. The van der Waals surface area contributed by atoms with E-state index in [0.717, 1.165) is 29.8 Å². The predicted molar refractivity (Wildman–Crippen MR) is 124 cm³/mol. The van der Waals surface area contributed by atoms with Crippen LogP contribution in [0.3, 0.4) is 0 Å². The SMILES string of the molecule is CC(c1ccccc1)N1CC(c2nc3ccccc3n2CCc2ccccc2)CC1=O. The fraction of sp³-hybridized carbons (Fsp3) is 0.259. The summed E-state index contributed by atoms with van der Waals surface area (Å²) >= 11 is 0. The molecular weight excluding hydrogens is 382 g/mol. The lowest BCUT2D eigenvalue weighted by atomic mass is 10.1. The normalized spacial score (nSPS) is 17.4. The Morgan fingerprint density at radius 2 is 1.61 bits per heavy atom. The van der Waals surface area contributed by atoms with Crippen LogP contribution >= 0.6 is 0 Å². The summed E-state index contributed by atoms with van der Waals surface area (Å²) in [4.78, 5) is 20.0. The van der Waals surface area contributed by atoms with Crippen molar-refractivity contribution in [1.29, 1.82) is 0 Å². The summed E-state index contributed by atoms with van der Waals surface area (Å²) in [6, 6.07) is 29.2. The van der Waals surface area contributed by atoms with Gasteiger partial charge in [-0.2, -0.15) is 0 Å². The number of hydrogen-bond acceptors (Lipinski definition) is 2. The highest BCUT2D eigenvalue weighted by Gasteiger charge is 2.36. The molecule has 0 spiro atoms. The molecule has 1 saturated heterocycles. The second-order valence-corrected chi connectivity index (χ2v) is 8.38. The molecule has 0 bridgehead atoms. The van der Waals surface area contributed by atoms with Crippen molar-refractivity contribution in [1.82, 2.24) is 14.5 Å². The number of fused-ring (bicyclic) bond motifs is 1. The first-order valence-electron chi connectivity index (χ1n) is 11.0. The van der Waals surface area contributed by atoms with Crippen molar-refractivity contribution in [2.24, 2.45) is 0 Å². The molecule has 4 aromatic rings. The van der Waals surface area contributed by atoms with E-state index in [1.54, 1.807) is 0 Å². The van der Waals surface area contributed by atoms with Crippen molar-refractivity contribution < 1.29 is 4.79 Å². The number of aryl methyl sites for hydroxylation is 2. The third-order valence-corrected chi connectivity index (χ3v) is 6.42. The highest BCUT2D eigenvalue weighted by molar-refractivity contribution is 5.81. The van der Waals surface area contributed by atoms with E-state index in [4.69, 9.17) is 4.98 Å². The Balaban J connectivity index is 1.44. The van der Waals surface area contributed by atoms with Crippen LogP contribution in [-0.2, 0) is 17.8 Å². The van der Waals surface area contributed by atoms with Gasteiger partial charge in [-0.05, 0) is 36.6 Å². The summed E-state index contributed by atoms with van der Waals surface area (Å²) < 4.78 is 2.33. The maximum Gasteiger partial charge on any atom is 0.223 e. The van der Waals surface area contributed by atoms with Crippen molar-refractivity contribution in [3.8, 4) is 0 Å². The molecule has 1 fully saturated rings. The molecule has 4 heteroatoms. The minimum absolute atomic E-state index is 0.0702. The van der Waals surface area contributed by atoms with Crippen LogP contribution in [0.15, 0.2) is 84.9 Å². The van der Waals surface area contributed by atoms with Crippen molar-refractivity contribution in [3.05, 3.63) is 102 Å². The Labute approximate surface area is 183 Å². The molecule has 5 rings (SSSR count). The molecule has 0 radical (unpaired) electrons. The number of likely N-dealkylation sites (tertiary alicyclic amines) is 1. The quantitative estimate of drug-likeness (QED) is 0.430. The van der Waals surface area contributed by atoms with Gasteiger partial charge in [0.15, 0.2) is 0 Å². The van der Waals surface area contributed by atoms with Crippen LogP contribution in [0.4, 0.5) is 0 Å². The molecular formula is C27H27N3O. The summed E-state index contributed by atoms with van der Waals surface area (Å²) in [6.45, 7) is 3.69. The predicted octanol–water partition coefficient (Wildman–Crippen LogP) is 5.36. The second-order valence-electron chi connectivity index (χ2n) is 8.38. The molecule has 0 saturated carbocycles. The van der Waals surface area contributed by atoms with Gasteiger partial charge in [-0.15, -0.1) is 0 Å². The van der Waals surface area contributed by atoms with E-state index < -0.39 is 0 Å². The fourth-order valence-corrected chi connectivity index (χ4v) is 4.72. The van der Waals surface area contributed by atoms with Crippen molar-refractivity contribution in [2.75, 3.05) is 6.54 Å². The Morgan fingerprint density at radius 3 is 2.39 bits per heavy atom. The Kier molecular flexibility index (Phi) is 5.29. The summed E-state index contributed by atoms with van der Waals surface area (Å²) in [6.07, 6.45) is 1.46. The lowest BCUT2D eigenvalue weighted by Crippen LogP contribution is -2.28. The molecule has 0 N–H and O–H groups in total. The number of nitrogens with zero attached hydrogens (tertiary/aromatic N) is 3. The minimum Gasteiger partial charge on any atom is -0.335 e. The van der Waals surface area contributed by atoms with Gasteiger partial charge in [-0.1, -0.05) is 72.8 Å². The summed E-state index contributed by atoms with van der Waals surface area (Å²) in [5.74, 6) is 1.36. The molecule has 2 unspecified atom stereocenters. The van der Waals surface area contributed by atoms with E-state index in [1.165, 1.54) is 11.1 Å². The lowest BCUT2D eigenvalue weighted by Gasteiger charge is -2.25. The van der Waals surface area contributed by atoms with E-state index in [2.05, 4.69) is 66.1 Å². The average molecular weight is 410 g/mol. The number of benzene rings is 3.